The third kappa shape index (κ3) is 4.31. The number of carbonyl (C=O) groups is 1. The first kappa shape index (κ1) is 18.2. The summed E-state index contributed by atoms with van der Waals surface area (Å²) in [6, 6.07) is 8.33. The molecule has 0 fully saturated rings. The minimum atomic E-state index is -0.380. The minimum Gasteiger partial charge on any atom is -0.474 e. The van der Waals surface area contributed by atoms with Gasteiger partial charge in [0.15, 0.2) is 0 Å². The van der Waals surface area contributed by atoms with Crippen LogP contribution < -0.4 is 15.4 Å². The summed E-state index contributed by atoms with van der Waals surface area (Å²) in [5.41, 5.74) is 2.40. The van der Waals surface area contributed by atoms with Gasteiger partial charge < -0.3 is 15.4 Å². The van der Waals surface area contributed by atoms with Crippen LogP contribution in [0.2, 0.25) is 0 Å². The standard InChI is InChI=1S/C20H24FN3O2/c1-12-11-26-19-16(22-12)10-14(9-13-5-7-15(21)8-6-13)17(23-19)18(25)24-20(2,3)4/h5-8,10,12,22H,9,11H2,1-4H3,(H,24,25). The Morgan fingerprint density at radius 2 is 2.04 bits per heavy atom. The van der Waals surface area contributed by atoms with E-state index in [9.17, 15) is 9.18 Å². The lowest BCUT2D eigenvalue weighted by Gasteiger charge is -2.26. The lowest BCUT2D eigenvalue weighted by Crippen LogP contribution is -2.41. The van der Waals surface area contributed by atoms with Crippen LogP contribution in [0.3, 0.4) is 0 Å². The summed E-state index contributed by atoms with van der Waals surface area (Å²) in [5.74, 6) is -0.100. The number of amides is 1. The summed E-state index contributed by atoms with van der Waals surface area (Å²) in [4.78, 5) is 17.2. The number of hydrogen-bond donors (Lipinski definition) is 2. The fourth-order valence-corrected chi connectivity index (χ4v) is 2.82. The van der Waals surface area contributed by atoms with Gasteiger partial charge in [-0.15, -0.1) is 0 Å². The molecule has 0 bridgehead atoms. The van der Waals surface area contributed by atoms with E-state index in [4.69, 9.17) is 4.74 Å². The molecule has 26 heavy (non-hydrogen) atoms. The van der Waals surface area contributed by atoms with E-state index in [0.29, 0.717) is 24.6 Å². The van der Waals surface area contributed by atoms with Gasteiger partial charge in [-0.1, -0.05) is 12.1 Å². The Bertz CT molecular complexity index is 813. The van der Waals surface area contributed by atoms with Crippen molar-refractivity contribution in [3.05, 3.63) is 53.0 Å². The van der Waals surface area contributed by atoms with Gasteiger partial charge in [0.05, 0.1) is 11.7 Å². The normalized spacial score (nSPS) is 16.3. The van der Waals surface area contributed by atoms with Gasteiger partial charge in [0, 0.05) is 5.54 Å². The van der Waals surface area contributed by atoms with Crippen molar-refractivity contribution in [3.63, 3.8) is 0 Å². The van der Waals surface area contributed by atoms with E-state index in [2.05, 4.69) is 15.6 Å². The Morgan fingerprint density at radius 3 is 2.69 bits per heavy atom. The molecule has 3 rings (SSSR count). The van der Waals surface area contributed by atoms with Crippen LogP contribution in [-0.4, -0.2) is 29.1 Å². The first-order valence-electron chi connectivity index (χ1n) is 8.71. The van der Waals surface area contributed by atoms with Crippen LogP contribution in [0.1, 0.15) is 49.3 Å². The molecule has 1 unspecified atom stereocenters. The van der Waals surface area contributed by atoms with Crippen LogP contribution in [0, 0.1) is 5.82 Å². The zero-order valence-electron chi connectivity index (χ0n) is 15.5. The molecular formula is C20H24FN3O2. The van der Waals surface area contributed by atoms with Crippen LogP contribution in [0.5, 0.6) is 5.88 Å². The molecule has 0 radical (unpaired) electrons. The maximum atomic E-state index is 13.2. The summed E-state index contributed by atoms with van der Waals surface area (Å²) in [6.07, 6.45) is 0.476. The average molecular weight is 357 g/mol. The molecule has 0 saturated carbocycles. The van der Waals surface area contributed by atoms with E-state index in [0.717, 1.165) is 16.8 Å². The number of aromatic nitrogens is 1. The number of benzene rings is 1. The SMILES string of the molecule is CC1COc2nc(C(=O)NC(C)(C)C)c(Cc3ccc(F)cc3)cc2N1. The van der Waals surface area contributed by atoms with E-state index in [-0.39, 0.29) is 23.3 Å². The van der Waals surface area contributed by atoms with Crippen LogP contribution in [-0.2, 0) is 6.42 Å². The minimum absolute atomic E-state index is 0.164. The number of nitrogens with one attached hydrogen (secondary N) is 2. The number of carbonyl (C=O) groups excluding carboxylic acids is 1. The maximum absolute atomic E-state index is 13.2. The van der Waals surface area contributed by atoms with Crippen LogP contribution in [0.25, 0.3) is 0 Å². The molecule has 0 spiro atoms. The van der Waals surface area contributed by atoms with Gasteiger partial charge in [-0.3, -0.25) is 4.79 Å². The van der Waals surface area contributed by atoms with Crippen LogP contribution >= 0.6 is 0 Å². The molecule has 0 aliphatic carbocycles. The smallest absolute Gasteiger partial charge is 0.270 e. The molecule has 2 aromatic rings. The predicted molar refractivity (Wildman–Crippen MR) is 99.2 cm³/mol. The first-order chi connectivity index (χ1) is 12.2. The van der Waals surface area contributed by atoms with E-state index >= 15 is 0 Å². The number of nitrogens with zero attached hydrogens (tertiary/aromatic N) is 1. The van der Waals surface area contributed by atoms with Gasteiger partial charge in [-0.2, -0.15) is 0 Å². The third-order valence-corrected chi connectivity index (χ3v) is 3.95. The summed E-state index contributed by atoms with van der Waals surface area (Å²) < 4.78 is 18.9. The van der Waals surface area contributed by atoms with Crippen molar-refractivity contribution < 1.29 is 13.9 Å². The zero-order valence-corrected chi connectivity index (χ0v) is 15.5. The second-order valence-electron chi connectivity index (χ2n) is 7.71. The van der Waals surface area contributed by atoms with Gasteiger partial charge in [-0.05, 0) is 63.4 Å². The van der Waals surface area contributed by atoms with Crippen LogP contribution in [0.4, 0.5) is 10.1 Å². The Morgan fingerprint density at radius 1 is 1.35 bits per heavy atom. The van der Waals surface area contributed by atoms with E-state index in [1.807, 2.05) is 33.8 Å². The van der Waals surface area contributed by atoms with E-state index in [1.54, 1.807) is 12.1 Å². The number of fused-ring (bicyclic) bond motifs is 1. The monoisotopic (exact) mass is 357 g/mol. The van der Waals surface area contributed by atoms with Crippen LogP contribution in [0.15, 0.2) is 30.3 Å². The highest BCUT2D eigenvalue weighted by Gasteiger charge is 2.25. The number of ether oxygens (including phenoxy) is 1. The Hall–Kier alpha value is -2.63. The third-order valence-electron chi connectivity index (χ3n) is 3.95. The number of rotatable bonds is 3. The molecule has 1 aromatic carbocycles. The van der Waals surface area contributed by atoms with Gasteiger partial charge in [0.2, 0.25) is 5.88 Å². The summed E-state index contributed by atoms with van der Waals surface area (Å²) in [5, 5.41) is 6.28. The molecule has 1 aromatic heterocycles. The van der Waals surface area contributed by atoms with Crippen molar-refractivity contribution in [2.45, 2.75) is 45.7 Å². The molecule has 2 N–H and O–H groups in total. The summed E-state index contributed by atoms with van der Waals surface area (Å²) in [7, 11) is 0. The Labute approximate surface area is 153 Å². The Balaban J connectivity index is 1.99. The van der Waals surface area contributed by atoms with Crippen molar-refractivity contribution in [1.82, 2.24) is 10.3 Å². The topological polar surface area (TPSA) is 63.2 Å². The molecule has 2 heterocycles. The summed E-state index contributed by atoms with van der Waals surface area (Å²) >= 11 is 0. The quantitative estimate of drug-likeness (QED) is 0.882. The summed E-state index contributed by atoms with van der Waals surface area (Å²) in [6.45, 7) is 8.27. The highest BCUT2D eigenvalue weighted by atomic mass is 19.1. The fraction of sp³-hybridized carbons (Fsp3) is 0.400. The number of anilines is 1. The molecule has 1 aliphatic heterocycles. The average Bonchev–Trinajstić information content (AvgIpc) is 2.54. The molecular weight excluding hydrogens is 333 g/mol. The molecule has 6 heteroatoms. The molecule has 1 aliphatic rings. The first-order valence-corrected chi connectivity index (χ1v) is 8.71. The van der Waals surface area contributed by atoms with Gasteiger partial charge >= 0.3 is 0 Å². The number of pyridine rings is 1. The molecule has 1 atom stereocenters. The second-order valence-corrected chi connectivity index (χ2v) is 7.71. The highest BCUT2D eigenvalue weighted by molar-refractivity contribution is 5.95. The number of halogens is 1. The second kappa shape index (κ2) is 6.94. The maximum Gasteiger partial charge on any atom is 0.270 e. The fourth-order valence-electron chi connectivity index (χ4n) is 2.82. The van der Waals surface area contributed by atoms with Crippen molar-refractivity contribution in [2.24, 2.45) is 0 Å². The van der Waals surface area contributed by atoms with Crippen molar-refractivity contribution in [2.75, 3.05) is 11.9 Å². The highest BCUT2D eigenvalue weighted by Crippen LogP contribution is 2.30. The van der Waals surface area contributed by atoms with Crippen molar-refractivity contribution in [3.8, 4) is 5.88 Å². The van der Waals surface area contributed by atoms with Crippen molar-refractivity contribution >= 4 is 11.6 Å². The van der Waals surface area contributed by atoms with Gasteiger partial charge in [0.25, 0.3) is 5.91 Å². The molecule has 0 saturated heterocycles. The van der Waals surface area contributed by atoms with Gasteiger partial charge in [-0.25, -0.2) is 9.37 Å². The predicted octanol–water partition coefficient (Wildman–Crippen LogP) is 3.53. The van der Waals surface area contributed by atoms with E-state index < -0.39 is 0 Å². The number of hydrogen-bond acceptors (Lipinski definition) is 4. The van der Waals surface area contributed by atoms with Crippen molar-refractivity contribution in [1.29, 1.82) is 0 Å². The molecule has 138 valence electrons. The Kier molecular flexibility index (Phi) is 4.85. The van der Waals surface area contributed by atoms with E-state index in [1.165, 1.54) is 12.1 Å². The molecule has 5 nitrogen and oxygen atoms in total. The lowest BCUT2D eigenvalue weighted by molar-refractivity contribution is 0.0912. The zero-order chi connectivity index (χ0) is 18.9. The molecule has 1 amide bonds. The lowest BCUT2D eigenvalue weighted by atomic mass is 10.0. The van der Waals surface area contributed by atoms with Gasteiger partial charge in [0.1, 0.15) is 18.1 Å². The largest absolute Gasteiger partial charge is 0.474 e.